The molecule has 0 saturated heterocycles. The molecule has 0 amide bonds. The van der Waals surface area contributed by atoms with Gasteiger partial charge in [0.2, 0.25) is 0 Å². The number of rotatable bonds is 3. The summed E-state index contributed by atoms with van der Waals surface area (Å²) in [5, 5.41) is 6.58. The molecule has 1 heterocycles. The lowest BCUT2D eigenvalue weighted by atomic mass is 10.3. The van der Waals surface area contributed by atoms with Crippen molar-refractivity contribution in [2.75, 3.05) is 4.72 Å². The average Bonchev–Trinajstić information content (AvgIpc) is 2.60. The fourth-order valence-electron chi connectivity index (χ4n) is 1.46. The molecule has 0 aliphatic heterocycles. The van der Waals surface area contributed by atoms with Crippen LogP contribution in [0.3, 0.4) is 0 Å². The lowest BCUT2D eigenvalue weighted by molar-refractivity contribution is 0.570. The first-order valence-corrected chi connectivity index (χ1v) is 7.17. The summed E-state index contributed by atoms with van der Waals surface area (Å²) in [5.41, 5.74) is 1.38. The molecular formula is C11H11ClFN3O2S. The van der Waals surface area contributed by atoms with Crippen LogP contribution in [0.5, 0.6) is 0 Å². The number of nitrogens with one attached hydrogen (secondary N) is 2. The molecule has 0 aliphatic rings. The van der Waals surface area contributed by atoms with E-state index < -0.39 is 20.7 Å². The van der Waals surface area contributed by atoms with E-state index >= 15 is 0 Å². The van der Waals surface area contributed by atoms with E-state index in [1.165, 1.54) is 6.07 Å². The largest absolute Gasteiger partial charge is 0.280 e. The molecular weight excluding hydrogens is 293 g/mol. The fraction of sp³-hybridized carbons (Fsp3) is 0.182. The maximum absolute atomic E-state index is 13.6. The number of nitrogens with zero attached hydrogens (tertiary/aromatic N) is 1. The molecule has 0 saturated carbocycles. The number of aromatic amines is 1. The average molecular weight is 304 g/mol. The van der Waals surface area contributed by atoms with Gasteiger partial charge in [-0.25, -0.2) is 12.8 Å². The van der Waals surface area contributed by atoms with Crippen LogP contribution in [0.1, 0.15) is 11.3 Å². The predicted molar refractivity (Wildman–Crippen MR) is 70.3 cm³/mol. The van der Waals surface area contributed by atoms with Gasteiger partial charge in [0.1, 0.15) is 10.7 Å². The first kappa shape index (κ1) is 13.8. The molecule has 0 aliphatic carbocycles. The zero-order valence-corrected chi connectivity index (χ0v) is 11.7. The number of anilines is 1. The molecule has 2 rings (SSSR count). The molecule has 0 bridgehead atoms. The normalized spacial score (nSPS) is 11.6. The van der Waals surface area contributed by atoms with Crippen LogP contribution < -0.4 is 4.72 Å². The lowest BCUT2D eigenvalue weighted by Crippen LogP contribution is -2.15. The topological polar surface area (TPSA) is 74.8 Å². The van der Waals surface area contributed by atoms with E-state index in [4.69, 9.17) is 11.6 Å². The number of sulfonamides is 1. The molecule has 2 aromatic rings. The predicted octanol–water partition coefficient (Wildman–Crippen LogP) is 2.62. The highest BCUT2D eigenvalue weighted by molar-refractivity contribution is 7.92. The Hall–Kier alpha value is -1.60. The summed E-state index contributed by atoms with van der Waals surface area (Å²) in [7, 11) is -4.04. The Balaban J connectivity index is 2.41. The third kappa shape index (κ3) is 2.71. The Morgan fingerprint density at radius 3 is 2.58 bits per heavy atom. The number of H-pyrrole nitrogens is 1. The van der Waals surface area contributed by atoms with E-state index in [9.17, 15) is 12.8 Å². The number of hydrogen-bond donors (Lipinski definition) is 2. The molecule has 0 fully saturated rings. The summed E-state index contributed by atoms with van der Waals surface area (Å²) >= 11 is 5.58. The summed E-state index contributed by atoms with van der Waals surface area (Å²) in [4.78, 5) is -0.475. The number of benzene rings is 1. The van der Waals surface area contributed by atoms with Gasteiger partial charge in [-0.05, 0) is 32.0 Å². The first-order chi connectivity index (χ1) is 8.81. The minimum Gasteiger partial charge on any atom is -0.280 e. The van der Waals surface area contributed by atoms with Crippen LogP contribution in [0.15, 0.2) is 23.1 Å². The van der Waals surface area contributed by atoms with E-state index in [1.807, 2.05) is 0 Å². The van der Waals surface area contributed by atoms with Gasteiger partial charge in [0.05, 0.1) is 0 Å². The van der Waals surface area contributed by atoms with Gasteiger partial charge in [-0.2, -0.15) is 5.10 Å². The van der Waals surface area contributed by atoms with Crippen molar-refractivity contribution in [3.8, 4) is 0 Å². The minimum atomic E-state index is -4.04. The molecule has 1 aromatic carbocycles. The molecule has 0 atom stereocenters. The Morgan fingerprint density at radius 2 is 2.05 bits per heavy atom. The van der Waals surface area contributed by atoms with E-state index in [0.29, 0.717) is 5.56 Å². The third-order valence-electron chi connectivity index (χ3n) is 2.67. The zero-order chi connectivity index (χ0) is 14.2. The summed E-state index contributed by atoms with van der Waals surface area (Å²) in [5.74, 6) is -0.767. The van der Waals surface area contributed by atoms with Crippen molar-refractivity contribution in [1.82, 2.24) is 10.2 Å². The van der Waals surface area contributed by atoms with E-state index in [0.717, 1.165) is 17.8 Å². The SMILES string of the molecule is Cc1[nH]nc(NS(=O)(=O)c2ccc(Cl)cc2F)c1C. The standard InChI is InChI=1S/C11H11ClFN3O2S/c1-6-7(2)14-15-11(6)16-19(17,18)10-4-3-8(12)5-9(10)13/h3-5H,1-2H3,(H2,14,15,16). The molecule has 0 unspecified atom stereocenters. The van der Waals surface area contributed by atoms with E-state index in [-0.39, 0.29) is 10.8 Å². The van der Waals surface area contributed by atoms with Gasteiger partial charge in [0.15, 0.2) is 5.82 Å². The highest BCUT2D eigenvalue weighted by Gasteiger charge is 2.21. The van der Waals surface area contributed by atoms with Crippen LogP contribution in [0.2, 0.25) is 5.02 Å². The minimum absolute atomic E-state index is 0.128. The van der Waals surface area contributed by atoms with Crippen molar-refractivity contribution in [3.63, 3.8) is 0 Å². The fourth-order valence-corrected chi connectivity index (χ4v) is 2.74. The Kier molecular flexibility index (Phi) is 3.51. The smallest absolute Gasteiger partial charge is 0.266 e. The lowest BCUT2D eigenvalue weighted by Gasteiger charge is -2.07. The molecule has 0 spiro atoms. The van der Waals surface area contributed by atoms with Crippen LogP contribution in [0, 0.1) is 19.7 Å². The summed E-state index contributed by atoms with van der Waals surface area (Å²) in [6.45, 7) is 3.46. The van der Waals surface area contributed by atoms with Crippen LogP contribution in [-0.2, 0) is 10.0 Å². The second kappa shape index (κ2) is 4.82. The van der Waals surface area contributed by atoms with Crippen molar-refractivity contribution >= 4 is 27.4 Å². The van der Waals surface area contributed by atoms with Crippen molar-refractivity contribution < 1.29 is 12.8 Å². The number of hydrogen-bond acceptors (Lipinski definition) is 3. The highest BCUT2D eigenvalue weighted by atomic mass is 35.5. The molecule has 8 heteroatoms. The maximum Gasteiger partial charge on any atom is 0.266 e. The van der Waals surface area contributed by atoms with Crippen LogP contribution in [0.25, 0.3) is 0 Å². The van der Waals surface area contributed by atoms with Crippen molar-refractivity contribution in [3.05, 3.63) is 40.3 Å². The van der Waals surface area contributed by atoms with E-state index in [2.05, 4.69) is 14.9 Å². The van der Waals surface area contributed by atoms with Gasteiger partial charge >= 0.3 is 0 Å². The van der Waals surface area contributed by atoms with E-state index in [1.54, 1.807) is 13.8 Å². The summed E-state index contributed by atoms with van der Waals surface area (Å²) in [6, 6.07) is 3.36. The third-order valence-corrected chi connectivity index (χ3v) is 4.27. The monoisotopic (exact) mass is 303 g/mol. The zero-order valence-electron chi connectivity index (χ0n) is 10.2. The van der Waals surface area contributed by atoms with Gasteiger partial charge < -0.3 is 0 Å². The summed E-state index contributed by atoms with van der Waals surface area (Å²) < 4.78 is 39.9. The second-order valence-corrected chi connectivity index (χ2v) is 6.09. The molecule has 1 aromatic heterocycles. The second-order valence-electron chi connectivity index (χ2n) is 4.00. The Bertz CT molecular complexity index is 728. The van der Waals surface area contributed by atoms with Gasteiger partial charge in [-0.3, -0.25) is 9.82 Å². The van der Waals surface area contributed by atoms with Crippen LogP contribution in [0.4, 0.5) is 10.2 Å². The molecule has 5 nitrogen and oxygen atoms in total. The molecule has 2 N–H and O–H groups in total. The Labute approximate surface area is 114 Å². The number of aryl methyl sites for hydroxylation is 1. The van der Waals surface area contributed by atoms with Gasteiger partial charge in [-0.1, -0.05) is 11.6 Å². The maximum atomic E-state index is 13.6. The number of halogens is 2. The first-order valence-electron chi connectivity index (χ1n) is 5.30. The summed E-state index contributed by atoms with van der Waals surface area (Å²) in [6.07, 6.45) is 0. The van der Waals surface area contributed by atoms with Crippen molar-refractivity contribution in [1.29, 1.82) is 0 Å². The number of aromatic nitrogens is 2. The van der Waals surface area contributed by atoms with Crippen molar-refractivity contribution in [2.45, 2.75) is 18.7 Å². The van der Waals surface area contributed by atoms with Gasteiger partial charge in [0.25, 0.3) is 10.0 Å². The quantitative estimate of drug-likeness (QED) is 0.915. The highest BCUT2D eigenvalue weighted by Crippen LogP contribution is 2.23. The van der Waals surface area contributed by atoms with Crippen molar-refractivity contribution in [2.24, 2.45) is 0 Å². The van der Waals surface area contributed by atoms with Gasteiger partial charge in [0, 0.05) is 16.3 Å². The van der Waals surface area contributed by atoms with Gasteiger partial charge in [-0.15, -0.1) is 0 Å². The Morgan fingerprint density at radius 1 is 1.37 bits per heavy atom. The molecule has 0 radical (unpaired) electrons. The molecule has 102 valence electrons. The van der Waals surface area contributed by atoms with Crippen LogP contribution in [-0.4, -0.2) is 18.6 Å². The van der Waals surface area contributed by atoms with Crippen LogP contribution >= 0.6 is 11.6 Å². The molecule has 19 heavy (non-hydrogen) atoms.